The number of aldehydes is 1. The van der Waals surface area contributed by atoms with E-state index in [4.69, 9.17) is 16.7 Å². The second-order valence-electron chi connectivity index (χ2n) is 5.86. The summed E-state index contributed by atoms with van der Waals surface area (Å²) in [4.78, 5) is 34.3. The van der Waals surface area contributed by atoms with Crippen LogP contribution in [0.2, 0.25) is 5.02 Å². The summed E-state index contributed by atoms with van der Waals surface area (Å²) in [6, 6.07) is 11.7. The molecule has 1 unspecified atom stereocenters. The lowest BCUT2D eigenvalue weighted by Crippen LogP contribution is -2.39. The second-order valence-corrected chi connectivity index (χ2v) is 6.27. The second kappa shape index (κ2) is 9.59. The van der Waals surface area contributed by atoms with Crippen molar-refractivity contribution in [1.82, 2.24) is 5.32 Å². The number of carboxylic acid groups (broad SMARTS) is 1. The number of hydrogen-bond acceptors (Lipinski definition) is 4. The topological polar surface area (TPSA) is 108 Å². The van der Waals surface area contributed by atoms with Gasteiger partial charge < -0.3 is 25.9 Å². The van der Waals surface area contributed by atoms with Gasteiger partial charge in [0.05, 0.1) is 16.6 Å². The summed E-state index contributed by atoms with van der Waals surface area (Å²) >= 11 is 6.22. The van der Waals surface area contributed by atoms with Crippen molar-refractivity contribution in [2.75, 3.05) is 17.2 Å². The fourth-order valence-electron chi connectivity index (χ4n) is 2.52. The highest BCUT2D eigenvalue weighted by atomic mass is 35.5. The van der Waals surface area contributed by atoms with Crippen molar-refractivity contribution in [3.8, 4) is 0 Å². The predicted molar refractivity (Wildman–Crippen MR) is 105 cm³/mol. The van der Waals surface area contributed by atoms with E-state index in [2.05, 4.69) is 16.0 Å². The highest BCUT2D eigenvalue weighted by molar-refractivity contribution is 6.35. The summed E-state index contributed by atoms with van der Waals surface area (Å²) in [5.41, 5.74) is 2.25. The molecule has 8 heteroatoms. The van der Waals surface area contributed by atoms with Gasteiger partial charge in [-0.3, -0.25) is 4.79 Å². The lowest BCUT2D eigenvalue weighted by Gasteiger charge is -2.18. The largest absolute Gasteiger partial charge is 0.465 e. The number of carbonyl (C=O) groups is 3. The lowest BCUT2D eigenvalue weighted by atomic mass is 10.1. The molecule has 2 amide bonds. The number of hydrogen-bond donors (Lipinski definition) is 4. The zero-order valence-corrected chi connectivity index (χ0v) is 15.4. The van der Waals surface area contributed by atoms with Crippen LogP contribution in [-0.2, 0) is 4.79 Å². The Morgan fingerprint density at radius 3 is 2.52 bits per heavy atom. The molecule has 0 aliphatic rings. The molecule has 0 bridgehead atoms. The van der Waals surface area contributed by atoms with Crippen LogP contribution in [0.15, 0.2) is 42.5 Å². The van der Waals surface area contributed by atoms with E-state index in [1.54, 1.807) is 24.3 Å². The SMILES string of the molecule is Cc1ccccc1NC(=O)c1c(Cl)cccc1NCC(CC=O)NC(=O)O. The van der Waals surface area contributed by atoms with Gasteiger partial charge in [0.2, 0.25) is 0 Å². The van der Waals surface area contributed by atoms with Gasteiger partial charge in [-0.1, -0.05) is 35.9 Å². The van der Waals surface area contributed by atoms with Crippen molar-refractivity contribution in [2.45, 2.75) is 19.4 Å². The van der Waals surface area contributed by atoms with E-state index in [0.717, 1.165) is 5.56 Å². The summed E-state index contributed by atoms with van der Waals surface area (Å²) in [5, 5.41) is 17.2. The van der Waals surface area contributed by atoms with Crippen molar-refractivity contribution in [1.29, 1.82) is 0 Å². The van der Waals surface area contributed by atoms with Crippen LogP contribution >= 0.6 is 11.6 Å². The van der Waals surface area contributed by atoms with E-state index >= 15 is 0 Å². The Morgan fingerprint density at radius 2 is 1.85 bits per heavy atom. The molecular weight excluding hydrogens is 370 g/mol. The molecule has 0 heterocycles. The van der Waals surface area contributed by atoms with Crippen LogP contribution < -0.4 is 16.0 Å². The quantitative estimate of drug-likeness (QED) is 0.516. The normalized spacial score (nSPS) is 11.3. The van der Waals surface area contributed by atoms with E-state index in [1.807, 2.05) is 25.1 Å². The van der Waals surface area contributed by atoms with Crippen LogP contribution in [0.4, 0.5) is 16.2 Å². The first-order valence-corrected chi connectivity index (χ1v) is 8.62. The third kappa shape index (κ3) is 5.72. The molecule has 7 nitrogen and oxygen atoms in total. The molecule has 4 N–H and O–H groups in total. The zero-order valence-electron chi connectivity index (χ0n) is 14.7. The number of nitrogens with one attached hydrogen (secondary N) is 3. The highest BCUT2D eigenvalue weighted by Crippen LogP contribution is 2.26. The molecule has 2 aromatic carbocycles. The lowest BCUT2D eigenvalue weighted by molar-refractivity contribution is -0.108. The number of benzene rings is 2. The Labute approximate surface area is 161 Å². The molecule has 142 valence electrons. The third-order valence-corrected chi connectivity index (χ3v) is 4.20. The van der Waals surface area contributed by atoms with Crippen LogP contribution in [-0.4, -0.2) is 36.0 Å². The Morgan fingerprint density at radius 1 is 1.15 bits per heavy atom. The molecule has 0 saturated heterocycles. The Hall–Kier alpha value is -3.06. The molecule has 1 atom stereocenters. The molecule has 0 aromatic heterocycles. The summed E-state index contributed by atoms with van der Waals surface area (Å²) in [6.07, 6.45) is -0.594. The van der Waals surface area contributed by atoms with Crippen LogP contribution in [0.3, 0.4) is 0 Å². The third-order valence-electron chi connectivity index (χ3n) is 3.88. The Balaban J connectivity index is 2.20. The maximum Gasteiger partial charge on any atom is 0.404 e. The molecule has 0 aliphatic heterocycles. The first kappa shape index (κ1) is 20.3. The molecule has 27 heavy (non-hydrogen) atoms. The van der Waals surface area contributed by atoms with Crippen LogP contribution in [0.25, 0.3) is 0 Å². The number of amides is 2. The van der Waals surface area contributed by atoms with Gasteiger partial charge in [0.1, 0.15) is 6.29 Å². The molecule has 0 fully saturated rings. The first-order valence-electron chi connectivity index (χ1n) is 8.24. The van der Waals surface area contributed by atoms with Crippen LogP contribution in [0.1, 0.15) is 22.3 Å². The van der Waals surface area contributed by atoms with Gasteiger partial charge in [-0.05, 0) is 30.7 Å². The van der Waals surface area contributed by atoms with Gasteiger partial charge in [-0.15, -0.1) is 0 Å². The van der Waals surface area contributed by atoms with Crippen molar-refractivity contribution >= 4 is 41.3 Å². The maximum absolute atomic E-state index is 12.8. The number of carbonyl (C=O) groups excluding carboxylic acids is 2. The zero-order chi connectivity index (χ0) is 19.8. The maximum atomic E-state index is 12.8. The van der Waals surface area contributed by atoms with E-state index in [1.165, 1.54) is 0 Å². The average Bonchev–Trinajstić information content (AvgIpc) is 2.61. The highest BCUT2D eigenvalue weighted by Gasteiger charge is 2.18. The predicted octanol–water partition coefficient (Wildman–Crippen LogP) is 3.54. The van der Waals surface area contributed by atoms with E-state index in [-0.39, 0.29) is 23.6 Å². The van der Waals surface area contributed by atoms with E-state index in [0.29, 0.717) is 17.7 Å². The Bertz CT molecular complexity index is 841. The van der Waals surface area contributed by atoms with Gasteiger partial charge in [-0.25, -0.2) is 4.79 Å². The van der Waals surface area contributed by atoms with Gasteiger partial charge in [0.15, 0.2) is 0 Å². The van der Waals surface area contributed by atoms with E-state index in [9.17, 15) is 14.4 Å². The molecule has 0 saturated carbocycles. The van der Waals surface area contributed by atoms with Crippen molar-refractivity contribution in [3.05, 3.63) is 58.6 Å². The number of anilines is 2. The van der Waals surface area contributed by atoms with Crippen molar-refractivity contribution in [3.63, 3.8) is 0 Å². The number of para-hydroxylation sites is 1. The molecular formula is C19H20ClN3O4. The molecule has 2 rings (SSSR count). The fourth-order valence-corrected chi connectivity index (χ4v) is 2.78. The van der Waals surface area contributed by atoms with Gasteiger partial charge >= 0.3 is 6.09 Å². The minimum Gasteiger partial charge on any atom is -0.465 e. The summed E-state index contributed by atoms with van der Waals surface area (Å²) < 4.78 is 0. The standard InChI is InChI=1S/C19H20ClN3O4/c1-12-5-2-3-7-15(12)23-18(25)17-14(20)6-4-8-16(17)21-11-13(9-10-24)22-19(26)27/h2-8,10,13,21-22H,9,11H2,1H3,(H,23,25)(H,26,27). The first-order chi connectivity index (χ1) is 12.9. The van der Waals surface area contributed by atoms with Gasteiger partial charge in [0.25, 0.3) is 5.91 Å². The molecule has 0 radical (unpaired) electrons. The monoisotopic (exact) mass is 389 g/mol. The van der Waals surface area contributed by atoms with Crippen molar-refractivity contribution in [2.24, 2.45) is 0 Å². The fraction of sp³-hybridized carbons (Fsp3) is 0.211. The summed E-state index contributed by atoms with van der Waals surface area (Å²) in [5.74, 6) is -0.393. The number of aryl methyl sites for hydroxylation is 1. The van der Waals surface area contributed by atoms with Crippen molar-refractivity contribution < 1.29 is 19.5 Å². The summed E-state index contributed by atoms with van der Waals surface area (Å²) in [7, 11) is 0. The van der Waals surface area contributed by atoms with Gasteiger partial charge in [-0.2, -0.15) is 0 Å². The molecule has 0 aliphatic carbocycles. The minimum atomic E-state index is -1.23. The summed E-state index contributed by atoms with van der Waals surface area (Å²) in [6.45, 7) is 2.00. The van der Waals surface area contributed by atoms with Crippen LogP contribution in [0.5, 0.6) is 0 Å². The molecule has 0 spiro atoms. The van der Waals surface area contributed by atoms with E-state index < -0.39 is 18.0 Å². The number of rotatable bonds is 8. The van der Waals surface area contributed by atoms with Crippen LogP contribution in [0, 0.1) is 6.92 Å². The number of halogens is 1. The Kier molecular flexibility index (Phi) is 7.19. The molecule has 2 aromatic rings. The van der Waals surface area contributed by atoms with Gasteiger partial charge in [0, 0.05) is 24.3 Å². The minimum absolute atomic E-state index is 0.00457. The smallest absolute Gasteiger partial charge is 0.404 e. The average molecular weight is 390 g/mol.